The number of aromatic hydroxyl groups is 1. The highest BCUT2D eigenvalue weighted by Gasteiger charge is 2.06. The molecule has 2 aromatic carbocycles. The molecule has 122 valence electrons. The zero-order chi connectivity index (χ0) is 16.9. The summed E-state index contributed by atoms with van der Waals surface area (Å²) in [6.45, 7) is 0.515. The van der Waals surface area contributed by atoms with Crippen LogP contribution >= 0.6 is 27.3 Å². The lowest BCUT2D eigenvalue weighted by molar-refractivity contribution is -0.120. The molecule has 5 heteroatoms. The topological polar surface area (TPSA) is 49.3 Å². The fraction of sp³-hybridized carbons (Fsp3) is 0.105. The predicted molar refractivity (Wildman–Crippen MR) is 101 cm³/mol. The molecule has 0 spiro atoms. The van der Waals surface area contributed by atoms with Crippen LogP contribution in [0.2, 0.25) is 0 Å². The van der Waals surface area contributed by atoms with Gasteiger partial charge in [-0.2, -0.15) is 0 Å². The highest BCUT2D eigenvalue weighted by molar-refractivity contribution is 9.11. The molecule has 3 nitrogen and oxygen atoms in total. The van der Waals surface area contributed by atoms with E-state index in [1.165, 1.54) is 0 Å². The fourth-order valence-corrected chi connectivity index (χ4v) is 3.82. The van der Waals surface area contributed by atoms with Crippen LogP contribution in [-0.2, 0) is 17.8 Å². The van der Waals surface area contributed by atoms with Gasteiger partial charge in [-0.3, -0.25) is 4.79 Å². The van der Waals surface area contributed by atoms with Gasteiger partial charge in [0.1, 0.15) is 5.75 Å². The van der Waals surface area contributed by atoms with E-state index in [1.54, 1.807) is 23.5 Å². The van der Waals surface area contributed by atoms with Gasteiger partial charge < -0.3 is 10.4 Å². The summed E-state index contributed by atoms with van der Waals surface area (Å²) >= 11 is 4.98. The fourth-order valence-electron chi connectivity index (χ4n) is 2.34. The van der Waals surface area contributed by atoms with Gasteiger partial charge in [-0.1, -0.05) is 36.4 Å². The maximum atomic E-state index is 12.0. The van der Waals surface area contributed by atoms with Gasteiger partial charge in [0.2, 0.25) is 5.91 Å². The SMILES string of the molecule is O=C(Cc1ccc(Br)s1)NCc1ccc(-c2ccc(O)cc2)cc1. The lowest BCUT2D eigenvalue weighted by Crippen LogP contribution is -2.24. The number of thiophene rings is 1. The van der Waals surface area contributed by atoms with Gasteiger partial charge in [0, 0.05) is 11.4 Å². The molecule has 0 bridgehead atoms. The molecule has 3 aromatic rings. The molecule has 0 atom stereocenters. The van der Waals surface area contributed by atoms with E-state index in [0.717, 1.165) is 25.4 Å². The van der Waals surface area contributed by atoms with Gasteiger partial charge in [0.15, 0.2) is 0 Å². The summed E-state index contributed by atoms with van der Waals surface area (Å²) in [5, 5.41) is 12.3. The Hall–Kier alpha value is -2.11. The van der Waals surface area contributed by atoms with Crippen molar-refractivity contribution in [3.63, 3.8) is 0 Å². The summed E-state index contributed by atoms with van der Waals surface area (Å²) in [6, 6.07) is 19.1. The number of nitrogens with one attached hydrogen (secondary N) is 1. The molecular weight excluding hydrogens is 386 g/mol. The molecule has 0 saturated heterocycles. The van der Waals surface area contributed by atoms with Crippen LogP contribution in [0.3, 0.4) is 0 Å². The largest absolute Gasteiger partial charge is 0.508 e. The molecule has 0 radical (unpaired) electrons. The zero-order valence-electron chi connectivity index (χ0n) is 12.8. The lowest BCUT2D eigenvalue weighted by Gasteiger charge is -2.07. The van der Waals surface area contributed by atoms with E-state index in [4.69, 9.17) is 0 Å². The Morgan fingerprint density at radius 1 is 0.958 bits per heavy atom. The number of rotatable bonds is 5. The third-order valence-corrected chi connectivity index (χ3v) is 5.23. The van der Waals surface area contributed by atoms with Crippen LogP contribution < -0.4 is 5.32 Å². The summed E-state index contributed by atoms with van der Waals surface area (Å²) in [5.74, 6) is 0.280. The summed E-state index contributed by atoms with van der Waals surface area (Å²) < 4.78 is 1.04. The molecule has 0 aliphatic rings. The Bertz CT molecular complexity index is 825. The van der Waals surface area contributed by atoms with Crippen molar-refractivity contribution in [3.05, 3.63) is 74.9 Å². The maximum absolute atomic E-state index is 12.0. The zero-order valence-corrected chi connectivity index (χ0v) is 15.2. The number of benzene rings is 2. The number of hydrogen-bond donors (Lipinski definition) is 2. The number of carbonyl (C=O) groups excluding carboxylic acids is 1. The van der Waals surface area contributed by atoms with Crippen LogP contribution in [0.1, 0.15) is 10.4 Å². The first kappa shape index (κ1) is 16.7. The minimum absolute atomic E-state index is 0.0203. The molecule has 1 aromatic heterocycles. The number of phenols is 1. The first-order valence-corrected chi connectivity index (χ1v) is 9.10. The van der Waals surface area contributed by atoms with Crippen molar-refractivity contribution < 1.29 is 9.90 Å². The highest BCUT2D eigenvalue weighted by atomic mass is 79.9. The third kappa shape index (κ3) is 4.46. The van der Waals surface area contributed by atoms with E-state index in [9.17, 15) is 9.90 Å². The number of hydrogen-bond acceptors (Lipinski definition) is 3. The summed E-state index contributed by atoms with van der Waals surface area (Å²) in [5.41, 5.74) is 3.18. The van der Waals surface area contributed by atoms with Crippen molar-refractivity contribution in [1.29, 1.82) is 0 Å². The first-order chi connectivity index (χ1) is 11.6. The van der Waals surface area contributed by atoms with Gasteiger partial charge in [0.05, 0.1) is 10.2 Å². The maximum Gasteiger partial charge on any atom is 0.225 e. The second-order valence-electron chi connectivity index (χ2n) is 5.40. The van der Waals surface area contributed by atoms with E-state index >= 15 is 0 Å². The lowest BCUT2D eigenvalue weighted by atomic mass is 10.0. The molecule has 0 aliphatic carbocycles. The van der Waals surface area contributed by atoms with Crippen LogP contribution in [0.15, 0.2) is 64.5 Å². The highest BCUT2D eigenvalue weighted by Crippen LogP contribution is 2.23. The van der Waals surface area contributed by atoms with Gasteiger partial charge >= 0.3 is 0 Å². The summed E-state index contributed by atoms with van der Waals surface area (Å²) in [7, 11) is 0. The van der Waals surface area contributed by atoms with E-state index < -0.39 is 0 Å². The number of carbonyl (C=O) groups is 1. The Kier molecular flexibility index (Phi) is 5.33. The van der Waals surface area contributed by atoms with Crippen molar-refractivity contribution in [2.24, 2.45) is 0 Å². The Morgan fingerprint density at radius 2 is 1.58 bits per heavy atom. The molecule has 24 heavy (non-hydrogen) atoms. The van der Waals surface area contributed by atoms with Crippen molar-refractivity contribution >= 4 is 33.2 Å². The van der Waals surface area contributed by atoms with Crippen LogP contribution in [0.25, 0.3) is 11.1 Å². The molecule has 1 heterocycles. The molecule has 0 unspecified atom stereocenters. The Labute approximate surface area is 153 Å². The van der Waals surface area contributed by atoms with Crippen molar-refractivity contribution in [3.8, 4) is 16.9 Å². The van der Waals surface area contributed by atoms with Crippen molar-refractivity contribution in [1.82, 2.24) is 5.32 Å². The first-order valence-electron chi connectivity index (χ1n) is 7.49. The van der Waals surface area contributed by atoms with Crippen LogP contribution in [-0.4, -0.2) is 11.0 Å². The summed E-state index contributed by atoms with van der Waals surface area (Å²) in [6.07, 6.45) is 0.405. The average Bonchev–Trinajstić information content (AvgIpc) is 2.99. The van der Waals surface area contributed by atoms with E-state index in [2.05, 4.69) is 21.2 Å². The van der Waals surface area contributed by atoms with Gasteiger partial charge in [-0.25, -0.2) is 0 Å². The second kappa shape index (κ2) is 7.64. The van der Waals surface area contributed by atoms with Gasteiger partial charge in [0.25, 0.3) is 0 Å². The van der Waals surface area contributed by atoms with Crippen LogP contribution in [0, 0.1) is 0 Å². The summed E-state index contributed by atoms with van der Waals surface area (Å²) in [4.78, 5) is 13.0. The monoisotopic (exact) mass is 401 g/mol. The van der Waals surface area contributed by atoms with Gasteiger partial charge in [-0.05, 0) is 56.9 Å². The quantitative estimate of drug-likeness (QED) is 0.648. The standard InChI is InChI=1S/C19H16BrNO2S/c20-18-10-9-17(24-18)11-19(23)21-12-13-1-3-14(4-2-13)15-5-7-16(22)8-6-15/h1-10,22H,11-12H2,(H,21,23). The molecule has 0 aliphatic heterocycles. The predicted octanol–water partition coefficient (Wildman–Crippen LogP) is 4.74. The van der Waals surface area contributed by atoms with Crippen molar-refractivity contribution in [2.45, 2.75) is 13.0 Å². The van der Waals surface area contributed by atoms with Crippen LogP contribution in [0.4, 0.5) is 0 Å². The molecule has 2 N–H and O–H groups in total. The third-order valence-electron chi connectivity index (χ3n) is 3.61. The Balaban J connectivity index is 1.56. The molecule has 0 saturated carbocycles. The van der Waals surface area contributed by atoms with E-state index in [0.29, 0.717) is 13.0 Å². The van der Waals surface area contributed by atoms with Crippen molar-refractivity contribution in [2.75, 3.05) is 0 Å². The second-order valence-corrected chi connectivity index (χ2v) is 7.95. The normalized spacial score (nSPS) is 10.5. The van der Waals surface area contributed by atoms with Crippen LogP contribution in [0.5, 0.6) is 5.75 Å². The molecule has 1 amide bonds. The average molecular weight is 402 g/mol. The Morgan fingerprint density at radius 3 is 2.17 bits per heavy atom. The number of halogens is 1. The molecular formula is C19H16BrNO2S. The molecule has 0 fully saturated rings. The van der Waals surface area contributed by atoms with E-state index in [-0.39, 0.29) is 11.7 Å². The number of amides is 1. The minimum Gasteiger partial charge on any atom is -0.508 e. The number of phenolic OH excluding ortho intramolecular Hbond substituents is 1. The van der Waals surface area contributed by atoms with E-state index in [1.807, 2.05) is 48.5 Å². The van der Waals surface area contributed by atoms with Gasteiger partial charge in [-0.15, -0.1) is 11.3 Å². The molecule has 3 rings (SSSR count). The minimum atomic E-state index is 0.0203. The smallest absolute Gasteiger partial charge is 0.225 e.